The van der Waals surface area contributed by atoms with Crippen molar-refractivity contribution >= 4 is 11.9 Å². The molecule has 0 fully saturated rings. The molecule has 0 aromatic rings. The van der Waals surface area contributed by atoms with E-state index in [9.17, 15) is 14.7 Å². The van der Waals surface area contributed by atoms with E-state index in [0.29, 0.717) is 5.57 Å². The number of aliphatic hydroxyl groups is 1. The van der Waals surface area contributed by atoms with Crippen molar-refractivity contribution in [2.45, 2.75) is 12.5 Å². The van der Waals surface area contributed by atoms with Crippen molar-refractivity contribution in [1.29, 1.82) is 0 Å². The van der Waals surface area contributed by atoms with Crippen molar-refractivity contribution in [2.75, 3.05) is 13.7 Å². The Labute approximate surface area is 149 Å². The van der Waals surface area contributed by atoms with Gasteiger partial charge in [-0.2, -0.15) is 0 Å². The second-order valence-corrected chi connectivity index (χ2v) is 3.38. The van der Waals surface area contributed by atoms with E-state index in [-0.39, 0.29) is 57.8 Å². The maximum absolute atomic E-state index is 11.2. The number of rotatable bonds is 7. The Morgan fingerprint density at radius 1 is 1.44 bits per heavy atom. The largest absolute Gasteiger partial charge is 1.00 e. The summed E-state index contributed by atoms with van der Waals surface area (Å²) in [5.41, 5.74) is 0.617. The number of hydrogen-bond donors (Lipinski definition) is 1. The predicted molar refractivity (Wildman–Crippen MR) is 61.7 cm³/mol. The third-order valence-electron chi connectivity index (χ3n) is 2.29. The first-order valence-corrected chi connectivity index (χ1v) is 4.99. The Kier molecular flexibility index (Phi) is 11.9. The number of aliphatic hydroxyl groups excluding tert-OH is 1. The Hall–Kier alpha value is -0.244. The van der Waals surface area contributed by atoms with E-state index in [1.807, 2.05) is 0 Å². The van der Waals surface area contributed by atoms with Crippen LogP contribution in [0.4, 0.5) is 0 Å². The molecule has 1 atom stereocenters. The average Bonchev–Trinajstić information content (AvgIpc) is 2.32. The van der Waals surface area contributed by atoms with Crippen LogP contribution >= 0.6 is 0 Å². The Bertz CT molecular complexity index is 352. The van der Waals surface area contributed by atoms with E-state index in [0.717, 1.165) is 4.90 Å². The normalized spacial score (nSPS) is 12.0. The van der Waals surface area contributed by atoms with Gasteiger partial charge in [0, 0.05) is 7.05 Å². The molecule has 18 heavy (non-hydrogen) atoms. The molecule has 5 nitrogen and oxygen atoms in total. The van der Waals surface area contributed by atoms with Crippen LogP contribution in [0.15, 0.2) is 37.0 Å². The first-order chi connectivity index (χ1) is 7.97. The predicted octanol–water partition coefficient (Wildman–Crippen LogP) is -3.75. The molecule has 0 aliphatic rings. The molecule has 0 bridgehead atoms. The summed E-state index contributed by atoms with van der Waals surface area (Å²) in [5, 5.41) is 19.6. The van der Waals surface area contributed by atoms with Gasteiger partial charge >= 0.3 is 51.4 Å². The molecular formula is C12H16KNO4. The molecule has 1 N–H and O–H groups in total. The van der Waals surface area contributed by atoms with Crippen LogP contribution in [-0.2, 0) is 9.59 Å². The molecular weight excluding hydrogens is 261 g/mol. The molecule has 0 saturated heterocycles. The van der Waals surface area contributed by atoms with Crippen molar-refractivity contribution in [3.05, 3.63) is 37.0 Å². The Balaban J connectivity index is 0. The number of hydrogen-bond acceptors (Lipinski definition) is 4. The number of allylic oxidation sites excluding steroid dienone is 3. The van der Waals surface area contributed by atoms with Gasteiger partial charge in [0.25, 0.3) is 0 Å². The minimum absolute atomic E-state index is 0. The number of carboxylic acid groups (broad SMARTS) is 1. The van der Waals surface area contributed by atoms with E-state index in [2.05, 4.69) is 13.2 Å². The number of aliphatic carboxylic acids is 1. The Morgan fingerprint density at radius 2 is 2.00 bits per heavy atom. The molecule has 0 aliphatic heterocycles. The maximum Gasteiger partial charge on any atom is 1.00 e. The third-order valence-corrected chi connectivity index (χ3v) is 2.29. The molecule has 6 heteroatoms. The Morgan fingerprint density at radius 3 is 2.33 bits per heavy atom. The second kappa shape index (κ2) is 10.7. The van der Waals surface area contributed by atoms with E-state index in [1.165, 1.54) is 19.2 Å². The molecule has 94 valence electrons. The molecule has 0 saturated carbocycles. The van der Waals surface area contributed by atoms with E-state index in [4.69, 9.17) is 5.11 Å². The standard InChI is InChI=1S/C12H17NO4.K/c1-4-6-9(5-2)7-10(12(16)17)13(3)11(15)8-14;/h4-6,10,14H,1-2,7-8H2,3H3,(H,16,17);/q;+1/p-1/b9-6+;. The molecule has 1 amide bonds. The van der Waals surface area contributed by atoms with Gasteiger partial charge in [-0.05, 0) is 12.0 Å². The van der Waals surface area contributed by atoms with Crippen molar-refractivity contribution in [1.82, 2.24) is 4.90 Å². The topological polar surface area (TPSA) is 80.7 Å². The summed E-state index contributed by atoms with van der Waals surface area (Å²) < 4.78 is 0. The van der Waals surface area contributed by atoms with Gasteiger partial charge in [0.15, 0.2) is 0 Å². The quantitative estimate of drug-likeness (QED) is 0.383. The van der Waals surface area contributed by atoms with E-state index in [1.54, 1.807) is 6.08 Å². The number of nitrogens with zero attached hydrogens (tertiary/aromatic N) is 1. The van der Waals surface area contributed by atoms with Gasteiger partial charge in [0.05, 0.1) is 12.0 Å². The number of carbonyl (C=O) groups is 2. The fraction of sp³-hybridized carbons (Fsp3) is 0.333. The molecule has 0 aromatic carbocycles. The van der Waals surface area contributed by atoms with Crippen LogP contribution in [0.1, 0.15) is 6.42 Å². The van der Waals surface area contributed by atoms with Crippen LogP contribution in [0.5, 0.6) is 0 Å². The summed E-state index contributed by atoms with van der Waals surface area (Å²) >= 11 is 0. The summed E-state index contributed by atoms with van der Waals surface area (Å²) in [4.78, 5) is 23.1. The number of amides is 1. The summed E-state index contributed by atoms with van der Waals surface area (Å²) in [7, 11) is 1.30. The monoisotopic (exact) mass is 277 g/mol. The number of likely N-dealkylation sites (N-methyl/N-ethyl adjacent to an activating group) is 1. The molecule has 0 rings (SSSR count). The fourth-order valence-corrected chi connectivity index (χ4v) is 1.26. The van der Waals surface area contributed by atoms with E-state index < -0.39 is 24.5 Å². The molecule has 0 spiro atoms. The summed E-state index contributed by atoms with van der Waals surface area (Å²) in [6.07, 6.45) is 4.63. The van der Waals surface area contributed by atoms with Gasteiger partial charge in [-0.3, -0.25) is 4.79 Å². The zero-order valence-corrected chi connectivity index (χ0v) is 13.9. The second-order valence-electron chi connectivity index (χ2n) is 3.38. The van der Waals surface area contributed by atoms with Crippen molar-refractivity contribution < 1.29 is 71.2 Å². The van der Waals surface area contributed by atoms with Gasteiger partial charge in [-0.15, -0.1) is 0 Å². The van der Waals surface area contributed by atoms with Crippen molar-refractivity contribution in [2.24, 2.45) is 0 Å². The van der Waals surface area contributed by atoms with Crippen LogP contribution in [0.3, 0.4) is 0 Å². The first kappa shape index (κ1) is 20.1. The zero-order valence-electron chi connectivity index (χ0n) is 10.8. The third kappa shape index (κ3) is 6.63. The maximum atomic E-state index is 11.2. The van der Waals surface area contributed by atoms with Gasteiger partial charge in [-0.1, -0.05) is 31.4 Å². The number of carbonyl (C=O) groups excluding carboxylic acids is 2. The van der Waals surface area contributed by atoms with Crippen LogP contribution < -0.4 is 56.5 Å². The zero-order chi connectivity index (χ0) is 13.4. The van der Waals surface area contributed by atoms with Crippen LogP contribution in [0.25, 0.3) is 0 Å². The van der Waals surface area contributed by atoms with Crippen molar-refractivity contribution in [3.8, 4) is 0 Å². The van der Waals surface area contributed by atoms with Gasteiger partial charge in [-0.25, -0.2) is 0 Å². The van der Waals surface area contributed by atoms with Gasteiger partial charge < -0.3 is 19.9 Å². The molecule has 0 heterocycles. The van der Waals surface area contributed by atoms with E-state index >= 15 is 0 Å². The molecule has 0 aromatic heterocycles. The van der Waals surface area contributed by atoms with Crippen molar-refractivity contribution in [3.63, 3.8) is 0 Å². The summed E-state index contributed by atoms with van der Waals surface area (Å²) in [6, 6.07) is -1.14. The van der Waals surface area contributed by atoms with Gasteiger partial charge in [0.1, 0.15) is 6.61 Å². The average molecular weight is 277 g/mol. The minimum Gasteiger partial charge on any atom is -0.548 e. The fourth-order valence-electron chi connectivity index (χ4n) is 1.26. The molecule has 1 unspecified atom stereocenters. The smallest absolute Gasteiger partial charge is 0.548 e. The minimum atomic E-state index is -1.38. The molecule has 0 radical (unpaired) electrons. The SMILES string of the molecule is C=C/C=C(\C=C)CC(C(=O)[O-])N(C)C(=O)CO.[K+]. The van der Waals surface area contributed by atoms with Crippen LogP contribution in [0.2, 0.25) is 0 Å². The van der Waals surface area contributed by atoms with Crippen LogP contribution in [-0.4, -0.2) is 41.6 Å². The molecule has 0 aliphatic carbocycles. The van der Waals surface area contributed by atoms with Gasteiger partial charge in [0.2, 0.25) is 5.91 Å². The summed E-state index contributed by atoms with van der Waals surface area (Å²) in [6.45, 7) is 6.28. The number of carboxylic acids is 1. The van der Waals surface area contributed by atoms with Crippen LogP contribution in [0, 0.1) is 0 Å². The first-order valence-electron chi connectivity index (χ1n) is 4.99. The summed E-state index contributed by atoms with van der Waals surface area (Å²) in [5.74, 6) is -2.06.